The molecule has 0 aliphatic carbocycles. The van der Waals surface area contributed by atoms with Crippen LogP contribution in [-0.2, 0) is 17.5 Å². The fourth-order valence-corrected chi connectivity index (χ4v) is 4.76. The van der Waals surface area contributed by atoms with Crippen LogP contribution in [0.2, 0.25) is 0 Å². The summed E-state index contributed by atoms with van der Waals surface area (Å²) in [5.74, 6) is 1.45. The number of pyridine rings is 1. The monoisotopic (exact) mass is 419 g/mol. The average Bonchev–Trinajstić information content (AvgIpc) is 3.25. The summed E-state index contributed by atoms with van der Waals surface area (Å²) < 4.78 is 43.4. The summed E-state index contributed by atoms with van der Waals surface area (Å²) >= 11 is 0. The predicted octanol–water partition coefficient (Wildman–Crippen LogP) is 3.76. The second-order valence-corrected chi connectivity index (χ2v) is 8.06. The third kappa shape index (κ3) is 4.01. The van der Waals surface area contributed by atoms with Gasteiger partial charge in [-0.15, -0.1) is 0 Å². The van der Waals surface area contributed by atoms with Crippen molar-refractivity contribution in [2.45, 2.75) is 25.7 Å². The van der Waals surface area contributed by atoms with Crippen molar-refractivity contribution in [3.8, 4) is 5.75 Å². The van der Waals surface area contributed by atoms with E-state index in [1.165, 1.54) is 12.3 Å². The molecule has 0 saturated carbocycles. The molecule has 4 rings (SSSR count). The van der Waals surface area contributed by atoms with Gasteiger partial charge >= 0.3 is 6.18 Å². The molecule has 3 heterocycles. The van der Waals surface area contributed by atoms with Crippen molar-refractivity contribution in [3.63, 3.8) is 0 Å². The lowest BCUT2D eigenvalue weighted by molar-refractivity contribution is -0.141. The second-order valence-electron chi connectivity index (χ2n) is 8.06. The summed E-state index contributed by atoms with van der Waals surface area (Å²) in [6.07, 6.45) is -3.12. The highest BCUT2D eigenvalue weighted by Crippen LogP contribution is 2.45. The van der Waals surface area contributed by atoms with Crippen LogP contribution in [0.15, 0.2) is 42.6 Å². The Morgan fingerprint density at radius 1 is 1.13 bits per heavy atom. The molecule has 2 aromatic rings. The van der Waals surface area contributed by atoms with Crippen LogP contribution in [0.3, 0.4) is 0 Å². The molecule has 2 aliphatic heterocycles. The third-order valence-electron chi connectivity index (χ3n) is 6.12. The number of likely N-dealkylation sites (tertiary alicyclic amines) is 2. The van der Waals surface area contributed by atoms with E-state index in [4.69, 9.17) is 4.74 Å². The van der Waals surface area contributed by atoms with Crippen molar-refractivity contribution in [3.05, 3.63) is 59.4 Å². The number of benzene rings is 1. The van der Waals surface area contributed by atoms with Crippen LogP contribution in [0.1, 0.15) is 29.8 Å². The molecular weight excluding hydrogens is 395 g/mol. The summed E-state index contributed by atoms with van der Waals surface area (Å²) in [6, 6.07) is 10.3. The molecule has 0 N–H and O–H groups in total. The van der Waals surface area contributed by atoms with Gasteiger partial charge in [0.25, 0.3) is 0 Å². The number of fused-ring (bicyclic) bond motifs is 1. The number of carbonyl (C=O) groups is 1. The van der Waals surface area contributed by atoms with Crippen LogP contribution < -0.4 is 4.74 Å². The van der Waals surface area contributed by atoms with E-state index in [2.05, 4.69) is 9.88 Å². The quantitative estimate of drug-likeness (QED) is 0.757. The van der Waals surface area contributed by atoms with E-state index < -0.39 is 11.9 Å². The molecule has 2 fully saturated rings. The minimum Gasteiger partial charge on any atom is -0.497 e. The van der Waals surface area contributed by atoms with Crippen molar-refractivity contribution in [1.82, 2.24) is 14.8 Å². The van der Waals surface area contributed by atoms with Gasteiger partial charge in [-0.3, -0.25) is 14.7 Å². The lowest BCUT2D eigenvalue weighted by atomic mass is 9.89. The average molecular weight is 419 g/mol. The van der Waals surface area contributed by atoms with Gasteiger partial charge in [-0.05, 0) is 35.2 Å². The van der Waals surface area contributed by atoms with Crippen LogP contribution in [-0.4, -0.2) is 47.4 Å². The smallest absolute Gasteiger partial charge is 0.433 e. The molecule has 1 amide bonds. The minimum atomic E-state index is -4.43. The Bertz CT molecular complexity index is 899. The first-order chi connectivity index (χ1) is 14.3. The zero-order chi connectivity index (χ0) is 21.5. The van der Waals surface area contributed by atoms with Gasteiger partial charge in [0.2, 0.25) is 5.91 Å². The van der Waals surface area contributed by atoms with Crippen molar-refractivity contribution in [1.29, 1.82) is 0 Å². The Kier molecular flexibility index (Phi) is 5.44. The maximum Gasteiger partial charge on any atom is 0.433 e. The first kappa shape index (κ1) is 20.7. The summed E-state index contributed by atoms with van der Waals surface area (Å²) in [5.41, 5.74) is 0.963. The Morgan fingerprint density at radius 3 is 2.43 bits per heavy atom. The number of alkyl halides is 3. The van der Waals surface area contributed by atoms with Crippen LogP contribution in [0.5, 0.6) is 5.75 Å². The number of ether oxygens (including phenoxy) is 1. The van der Waals surface area contributed by atoms with Crippen molar-refractivity contribution < 1.29 is 22.7 Å². The Labute approximate surface area is 173 Å². The fourth-order valence-electron chi connectivity index (χ4n) is 4.76. The van der Waals surface area contributed by atoms with Crippen molar-refractivity contribution in [2.24, 2.45) is 11.8 Å². The van der Waals surface area contributed by atoms with Gasteiger partial charge in [-0.1, -0.05) is 18.2 Å². The van der Waals surface area contributed by atoms with Crippen LogP contribution >= 0.6 is 0 Å². The Balaban J connectivity index is 1.49. The molecule has 2 saturated heterocycles. The SMILES string of the molecule is COc1ccc([C@H]2[C@@H]3CN(Cc4ccc(C(F)(F)F)nc4)C[C@@H]3CN2C(C)=O)cc1. The first-order valence-electron chi connectivity index (χ1n) is 9.92. The number of aromatic nitrogens is 1. The molecule has 0 bridgehead atoms. The predicted molar refractivity (Wildman–Crippen MR) is 105 cm³/mol. The molecule has 2 aliphatic rings. The maximum absolute atomic E-state index is 12.7. The lowest BCUT2D eigenvalue weighted by Crippen LogP contribution is -2.34. The highest BCUT2D eigenvalue weighted by atomic mass is 19.4. The van der Waals surface area contributed by atoms with Gasteiger partial charge in [-0.25, -0.2) is 0 Å². The molecule has 5 nitrogen and oxygen atoms in total. The molecule has 160 valence electrons. The normalized spacial score (nSPS) is 24.2. The van der Waals surface area contributed by atoms with Crippen LogP contribution in [0.4, 0.5) is 13.2 Å². The number of nitrogens with zero attached hydrogens (tertiary/aromatic N) is 3. The number of hydrogen-bond donors (Lipinski definition) is 0. The van der Waals surface area contributed by atoms with Gasteiger partial charge < -0.3 is 9.64 Å². The minimum absolute atomic E-state index is 0.00543. The molecule has 30 heavy (non-hydrogen) atoms. The number of hydrogen-bond acceptors (Lipinski definition) is 4. The Morgan fingerprint density at radius 2 is 1.87 bits per heavy atom. The van der Waals surface area contributed by atoms with Crippen molar-refractivity contribution in [2.75, 3.05) is 26.7 Å². The van der Waals surface area contributed by atoms with Crippen LogP contribution in [0, 0.1) is 11.8 Å². The zero-order valence-corrected chi connectivity index (χ0v) is 16.9. The first-order valence-corrected chi connectivity index (χ1v) is 9.92. The highest BCUT2D eigenvalue weighted by molar-refractivity contribution is 5.74. The molecular formula is C22H24F3N3O2. The number of amides is 1. The summed E-state index contributed by atoms with van der Waals surface area (Å²) in [4.78, 5) is 20.0. The molecule has 0 radical (unpaired) electrons. The standard InChI is InChI=1S/C22H24F3N3O2/c1-14(29)28-12-17-11-27(10-15-3-8-20(26-9-15)22(23,24)25)13-19(17)21(28)16-4-6-18(30-2)7-5-16/h3-9,17,19,21H,10-13H2,1-2H3/t17-,19-,21+/m1/s1. The molecule has 0 unspecified atom stereocenters. The van der Waals surface area contributed by atoms with E-state index in [-0.39, 0.29) is 17.9 Å². The van der Waals surface area contributed by atoms with E-state index >= 15 is 0 Å². The highest BCUT2D eigenvalue weighted by Gasteiger charge is 2.48. The fraction of sp³-hybridized carbons (Fsp3) is 0.455. The summed E-state index contributed by atoms with van der Waals surface area (Å²) in [6.45, 7) is 4.43. The third-order valence-corrected chi connectivity index (χ3v) is 6.12. The number of carbonyl (C=O) groups excluding carboxylic acids is 1. The summed E-state index contributed by atoms with van der Waals surface area (Å²) in [7, 11) is 1.62. The molecule has 1 aromatic carbocycles. The van der Waals surface area contributed by atoms with Gasteiger partial charge in [-0.2, -0.15) is 13.2 Å². The number of methoxy groups -OCH3 is 1. The number of rotatable bonds is 4. The molecule has 0 spiro atoms. The van der Waals surface area contributed by atoms with E-state index in [1.807, 2.05) is 29.2 Å². The van der Waals surface area contributed by atoms with E-state index in [1.54, 1.807) is 14.0 Å². The van der Waals surface area contributed by atoms with Gasteiger partial charge in [0.15, 0.2) is 0 Å². The van der Waals surface area contributed by atoms with Crippen molar-refractivity contribution >= 4 is 5.91 Å². The second kappa shape index (κ2) is 7.91. The van der Waals surface area contributed by atoms with E-state index in [0.717, 1.165) is 36.0 Å². The van der Waals surface area contributed by atoms with Gasteiger partial charge in [0.1, 0.15) is 11.4 Å². The number of halogens is 3. The zero-order valence-electron chi connectivity index (χ0n) is 16.9. The summed E-state index contributed by atoms with van der Waals surface area (Å²) in [5, 5.41) is 0. The van der Waals surface area contributed by atoms with E-state index in [0.29, 0.717) is 19.0 Å². The van der Waals surface area contributed by atoms with Gasteiger partial charge in [0, 0.05) is 45.2 Å². The van der Waals surface area contributed by atoms with E-state index in [9.17, 15) is 18.0 Å². The largest absolute Gasteiger partial charge is 0.497 e. The molecule has 8 heteroatoms. The molecule has 1 aromatic heterocycles. The van der Waals surface area contributed by atoms with Crippen LogP contribution in [0.25, 0.3) is 0 Å². The lowest BCUT2D eigenvalue weighted by Gasteiger charge is -2.29. The van der Waals surface area contributed by atoms with Gasteiger partial charge in [0.05, 0.1) is 13.2 Å². The topological polar surface area (TPSA) is 45.7 Å². The maximum atomic E-state index is 12.7. The molecule has 3 atom stereocenters. The Hall–Kier alpha value is -2.61.